The van der Waals surface area contributed by atoms with Gasteiger partial charge in [-0.3, -0.25) is 4.79 Å². The largest absolute Gasteiger partial charge is 0.310 e. The zero-order chi connectivity index (χ0) is 11.1. The van der Waals surface area contributed by atoms with Crippen LogP contribution in [0.4, 0.5) is 0 Å². The summed E-state index contributed by atoms with van der Waals surface area (Å²) < 4.78 is 0. The number of benzene rings is 1. The monoisotopic (exact) mass is 205 g/mol. The normalized spacial score (nSPS) is 10.3. The third kappa shape index (κ3) is 4.26. The molecule has 0 aromatic heterocycles. The van der Waals surface area contributed by atoms with E-state index in [4.69, 9.17) is 0 Å². The van der Waals surface area contributed by atoms with Crippen LogP contribution in [0.25, 0.3) is 0 Å². The number of hydrogen-bond acceptors (Lipinski definition) is 2. The molecule has 1 N–H and O–H groups in total. The van der Waals surface area contributed by atoms with E-state index in [0.29, 0.717) is 6.54 Å². The molecule has 1 aromatic rings. The Morgan fingerprint density at radius 3 is 2.53 bits per heavy atom. The minimum absolute atomic E-state index is 0.172. The van der Waals surface area contributed by atoms with Crippen molar-refractivity contribution in [2.24, 2.45) is 0 Å². The summed E-state index contributed by atoms with van der Waals surface area (Å²) in [7, 11) is 0. The van der Waals surface area contributed by atoms with Crippen molar-refractivity contribution in [3.63, 3.8) is 0 Å². The molecule has 82 valence electrons. The van der Waals surface area contributed by atoms with Gasteiger partial charge in [0.1, 0.15) is 0 Å². The van der Waals surface area contributed by atoms with Crippen molar-refractivity contribution in [3.05, 3.63) is 35.4 Å². The van der Waals surface area contributed by atoms with E-state index in [1.807, 2.05) is 31.2 Å². The SMILES string of the molecule is CCCCNCC(=O)c1ccc(C)cc1. The Kier molecular flexibility index (Phi) is 5.05. The number of carbonyl (C=O) groups is 1. The molecule has 0 aliphatic carbocycles. The van der Waals surface area contributed by atoms with Crippen LogP contribution in [0.3, 0.4) is 0 Å². The molecule has 2 nitrogen and oxygen atoms in total. The van der Waals surface area contributed by atoms with Crippen LogP contribution in [-0.4, -0.2) is 18.9 Å². The molecule has 0 aliphatic heterocycles. The third-order valence-electron chi connectivity index (χ3n) is 2.37. The second-order valence-corrected chi connectivity index (χ2v) is 3.82. The lowest BCUT2D eigenvalue weighted by Gasteiger charge is -2.03. The first-order chi connectivity index (χ1) is 7.24. The Balaban J connectivity index is 2.37. The average molecular weight is 205 g/mol. The van der Waals surface area contributed by atoms with E-state index < -0.39 is 0 Å². The molecule has 1 aromatic carbocycles. The standard InChI is InChI=1S/C13H19NO/c1-3-4-9-14-10-13(15)12-7-5-11(2)6-8-12/h5-8,14H,3-4,9-10H2,1-2H3. The molecule has 0 saturated carbocycles. The van der Waals surface area contributed by atoms with Gasteiger partial charge in [-0.1, -0.05) is 43.2 Å². The molecule has 0 atom stereocenters. The molecule has 0 bridgehead atoms. The minimum Gasteiger partial charge on any atom is -0.310 e. The minimum atomic E-state index is 0.172. The number of nitrogens with one attached hydrogen (secondary N) is 1. The molecular weight excluding hydrogens is 186 g/mol. The van der Waals surface area contributed by atoms with Crippen LogP contribution in [0.2, 0.25) is 0 Å². The van der Waals surface area contributed by atoms with E-state index in [1.165, 1.54) is 5.56 Å². The zero-order valence-corrected chi connectivity index (χ0v) is 9.55. The van der Waals surface area contributed by atoms with Gasteiger partial charge in [0, 0.05) is 5.56 Å². The maximum absolute atomic E-state index is 11.7. The Hall–Kier alpha value is -1.15. The average Bonchev–Trinajstić information content (AvgIpc) is 2.25. The Morgan fingerprint density at radius 1 is 1.27 bits per heavy atom. The molecule has 0 heterocycles. The fraction of sp³-hybridized carbons (Fsp3) is 0.462. The van der Waals surface area contributed by atoms with Gasteiger partial charge < -0.3 is 5.32 Å². The van der Waals surface area contributed by atoms with Gasteiger partial charge in [-0.05, 0) is 19.9 Å². The quantitative estimate of drug-likeness (QED) is 0.571. The van der Waals surface area contributed by atoms with Gasteiger partial charge in [-0.25, -0.2) is 0 Å². The Morgan fingerprint density at radius 2 is 1.93 bits per heavy atom. The van der Waals surface area contributed by atoms with Crippen molar-refractivity contribution in [3.8, 4) is 0 Å². The summed E-state index contributed by atoms with van der Waals surface area (Å²) in [6.45, 7) is 5.54. The van der Waals surface area contributed by atoms with Gasteiger partial charge in [0.2, 0.25) is 0 Å². The van der Waals surface area contributed by atoms with E-state index >= 15 is 0 Å². The molecule has 0 fully saturated rings. The molecule has 0 radical (unpaired) electrons. The number of carbonyl (C=O) groups excluding carboxylic acids is 1. The predicted octanol–water partition coefficient (Wildman–Crippen LogP) is 2.57. The summed E-state index contributed by atoms with van der Waals surface area (Å²) in [5.41, 5.74) is 1.98. The lowest BCUT2D eigenvalue weighted by molar-refractivity contribution is 0.0991. The number of rotatable bonds is 6. The summed E-state index contributed by atoms with van der Waals surface area (Å²) in [6, 6.07) is 7.72. The smallest absolute Gasteiger partial charge is 0.176 e. The van der Waals surface area contributed by atoms with Crippen molar-refractivity contribution >= 4 is 5.78 Å². The van der Waals surface area contributed by atoms with Gasteiger partial charge in [-0.15, -0.1) is 0 Å². The van der Waals surface area contributed by atoms with Crippen molar-refractivity contribution in [1.29, 1.82) is 0 Å². The first-order valence-electron chi connectivity index (χ1n) is 5.54. The highest BCUT2D eigenvalue weighted by Gasteiger charge is 2.03. The van der Waals surface area contributed by atoms with Crippen LogP contribution in [0.1, 0.15) is 35.7 Å². The number of hydrogen-bond donors (Lipinski definition) is 1. The molecule has 15 heavy (non-hydrogen) atoms. The number of aryl methyl sites for hydroxylation is 1. The maximum Gasteiger partial charge on any atom is 0.176 e. The van der Waals surface area contributed by atoms with Gasteiger partial charge in [0.25, 0.3) is 0 Å². The van der Waals surface area contributed by atoms with E-state index in [1.54, 1.807) is 0 Å². The van der Waals surface area contributed by atoms with E-state index in [-0.39, 0.29) is 5.78 Å². The van der Waals surface area contributed by atoms with Crippen LogP contribution in [0.5, 0.6) is 0 Å². The summed E-state index contributed by atoms with van der Waals surface area (Å²) >= 11 is 0. The summed E-state index contributed by atoms with van der Waals surface area (Å²) in [6.07, 6.45) is 2.28. The molecular formula is C13H19NO. The van der Waals surface area contributed by atoms with Gasteiger partial charge in [0.05, 0.1) is 6.54 Å². The van der Waals surface area contributed by atoms with E-state index in [0.717, 1.165) is 24.9 Å². The highest BCUT2D eigenvalue weighted by molar-refractivity contribution is 5.97. The molecule has 0 saturated heterocycles. The van der Waals surface area contributed by atoms with Gasteiger partial charge >= 0.3 is 0 Å². The molecule has 0 unspecified atom stereocenters. The highest BCUT2D eigenvalue weighted by atomic mass is 16.1. The van der Waals surface area contributed by atoms with Crippen LogP contribution < -0.4 is 5.32 Å². The van der Waals surface area contributed by atoms with Crippen LogP contribution >= 0.6 is 0 Å². The van der Waals surface area contributed by atoms with Crippen molar-refractivity contribution in [1.82, 2.24) is 5.32 Å². The second kappa shape index (κ2) is 6.36. The van der Waals surface area contributed by atoms with E-state index in [9.17, 15) is 4.79 Å². The summed E-state index contributed by atoms with van der Waals surface area (Å²) in [5, 5.41) is 3.15. The van der Waals surface area contributed by atoms with Crippen LogP contribution in [0.15, 0.2) is 24.3 Å². The first-order valence-corrected chi connectivity index (χ1v) is 5.54. The Bertz CT molecular complexity index is 303. The lowest BCUT2D eigenvalue weighted by Crippen LogP contribution is -2.23. The molecule has 0 amide bonds. The summed E-state index contributed by atoms with van der Waals surface area (Å²) in [5.74, 6) is 0.172. The third-order valence-corrected chi connectivity index (χ3v) is 2.37. The van der Waals surface area contributed by atoms with Crippen molar-refractivity contribution in [2.75, 3.05) is 13.1 Å². The van der Waals surface area contributed by atoms with Gasteiger partial charge in [0.15, 0.2) is 5.78 Å². The number of unbranched alkanes of at least 4 members (excludes halogenated alkanes) is 1. The van der Waals surface area contributed by atoms with E-state index in [2.05, 4.69) is 12.2 Å². The molecule has 0 aliphatic rings. The fourth-order valence-electron chi connectivity index (χ4n) is 1.35. The van der Waals surface area contributed by atoms with Crippen LogP contribution in [0, 0.1) is 6.92 Å². The van der Waals surface area contributed by atoms with Crippen molar-refractivity contribution < 1.29 is 4.79 Å². The first kappa shape index (κ1) is 11.9. The maximum atomic E-state index is 11.7. The lowest BCUT2D eigenvalue weighted by atomic mass is 10.1. The predicted molar refractivity (Wildman–Crippen MR) is 63.3 cm³/mol. The van der Waals surface area contributed by atoms with Crippen LogP contribution in [-0.2, 0) is 0 Å². The molecule has 0 spiro atoms. The number of ketones is 1. The molecule has 2 heteroatoms. The topological polar surface area (TPSA) is 29.1 Å². The van der Waals surface area contributed by atoms with Gasteiger partial charge in [-0.2, -0.15) is 0 Å². The van der Waals surface area contributed by atoms with Crippen molar-refractivity contribution in [2.45, 2.75) is 26.7 Å². The zero-order valence-electron chi connectivity index (χ0n) is 9.55. The fourth-order valence-corrected chi connectivity index (χ4v) is 1.35. The molecule has 1 rings (SSSR count). The Labute approximate surface area is 91.7 Å². The second-order valence-electron chi connectivity index (χ2n) is 3.82. The number of Topliss-reactive ketones (excluding diaryl/α,β-unsaturated/α-hetero) is 1. The highest BCUT2D eigenvalue weighted by Crippen LogP contribution is 2.03. The summed E-state index contributed by atoms with van der Waals surface area (Å²) in [4.78, 5) is 11.7.